The molecule has 0 saturated heterocycles. The van der Waals surface area contributed by atoms with E-state index in [-0.39, 0.29) is 17.1 Å². The van der Waals surface area contributed by atoms with E-state index in [2.05, 4.69) is 4.98 Å². The number of carboxylic acids is 1. The van der Waals surface area contributed by atoms with Crippen LogP contribution in [-0.4, -0.2) is 39.2 Å². The number of carbonyl (C=O) groups excluding carboxylic acids is 1. The van der Waals surface area contributed by atoms with Crippen LogP contribution in [0.5, 0.6) is 0 Å². The lowest BCUT2D eigenvalue weighted by Crippen LogP contribution is -2.41. The van der Waals surface area contributed by atoms with Crippen molar-refractivity contribution in [1.29, 1.82) is 0 Å². The van der Waals surface area contributed by atoms with Crippen molar-refractivity contribution in [3.8, 4) is 0 Å². The fourth-order valence-corrected chi connectivity index (χ4v) is 3.11. The van der Waals surface area contributed by atoms with E-state index in [1.54, 1.807) is 4.90 Å². The minimum Gasteiger partial charge on any atom is -0.476 e. The monoisotopic (exact) mass is 298 g/mol. The number of fused-ring (bicyclic) bond motifs is 1. The Morgan fingerprint density at radius 3 is 2.65 bits per heavy atom. The van der Waals surface area contributed by atoms with Gasteiger partial charge in [0.2, 0.25) is 5.01 Å². The maximum absolute atomic E-state index is 12.1. The fourth-order valence-electron chi connectivity index (χ4n) is 2.09. The van der Waals surface area contributed by atoms with Gasteiger partial charge in [-0.25, -0.2) is 14.6 Å². The van der Waals surface area contributed by atoms with Crippen molar-refractivity contribution in [1.82, 2.24) is 9.88 Å². The van der Waals surface area contributed by atoms with Gasteiger partial charge in [-0.1, -0.05) is 0 Å². The molecule has 1 unspecified atom stereocenters. The number of hydrogen-bond donors (Lipinski definition) is 1. The van der Waals surface area contributed by atoms with Crippen molar-refractivity contribution < 1.29 is 19.4 Å². The Balaban J connectivity index is 2.21. The summed E-state index contributed by atoms with van der Waals surface area (Å²) in [4.78, 5) is 29.7. The first-order valence-electron chi connectivity index (χ1n) is 6.41. The van der Waals surface area contributed by atoms with Gasteiger partial charge < -0.3 is 14.7 Å². The first-order chi connectivity index (χ1) is 9.19. The van der Waals surface area contributed by atoms with Crippen LogP contribution < -0.4 is 0 Å². The number of ether oxygens (including phenoxy) is 1. The highest BCUT2D eigenvalue weighted by Gasteiger charge is 2.34. The van der Waals surface area contributed by atoms with Gasteiger partial charge in [0.25, 0.3) is 0 Å². The Morgan fingerprint density at radius 1 is 1.45 bits per heavy atom. The van der Waals surface area contributed by atoms with Crippen LogP contribution in [-0.2, 0) is 11.2 Å². The average molecular weight is 298 g/mol. The maximum Gasteiger partial charge on any atom is 0.410 e. The van der Waals surface area contributed by atoms with Crippen LogP contribution in [0.3, 0.4) is 0 Å². The molecule has 0 aromatic carbocycles. The van der Waals surface area contributed by atoms with Crippen molar-refractivity contribution >= 4 is 23.4 Å². The predicted molar refractivity (Wildman–Crippen MR) is 74.1 cm³/mol. The number of rotatable bonds is 1. The van der Waals surface area contributed by atoms with Crippen molar-refractivity contribution in [2.75, 3.05) is 6.54 Å². The standard InChI is InChI=1S/C13H18N2O4S/c1-7-9-8(14-10(20-9)11(16)17)5-6-15(7)12(18)19-13(2,3)4/h7H,5-6H2,1-4H3,(H,16,17). The lowest BCUT2D eigenvalue weighted by Gasteiger charge is -2.34. The van der Waals surface area contributed by atoms with Crippen LogP contribution in [0.2, 0.25) is 0 Å². The molecular weight excluding hydrogens is 280 g/mol. The van der Waals surface area contributed by atoms with Crippen LogP contribution in [0.4, 0.5) is 4.79 Å². The Kier molecular flexibility index (Phi) is 3.73. The highest BCUT2D eigenvalue weighted by molar-refractivity contribution is 7.13. The Bertz CT molecular complexity index is 547. The van der Waals surface area contributed by atoms with Crippen molar-refractivity contribution in [3.63, 3.8) is 0 Å². The number of carbonyl (C=O) groups is 2. The molecule has 7 heteroatoms. The van der Waals surface area contributed by atoms with Gasteiger partial charge in [-0.05, 0) is 27.7 Å². The minimum atomic E-state index is -1.03. The molecule has 20 heavy (non-hydrogen) atoms. The molecular formula is C13H18N2O4S. The van der Waals surface area contributed by atoms with E-state index in [0.717, 1.165) is 21.9 Å². The summed E-state index contributed by atoms with van der Waals surface area (Å²) >= 11 is 1.13. The Labute approximate surface area is 121 Å². The zero-order valence-electron chi connectivity index (χ0n) is 12.0. The van der Waals surface area contributed by atoms with Gasteiger partial charge in [0.05, 0.1) is 16.6 Å². The smallest absolute Gasteiger partial charge is 0.410 e. The largest absolute Gasteiger partial charge is 0.476 e. The van der Waals surface area contributed by atoms with E-state index in [1.165, 1.54) is 0 Å². The molecule has 1 N–H and O–H groups in total. The normalized spacial score (nSPS) is 18.6. The summed E-state index contributed by atoms with van der Waals surface area (Å²) < 4.78 is 5.37. The molecule has 0 radical (unpaired) electrons. The lowest BCUT2D eigenvalue weighted by atomic mass is 10.1. The topological polar surface area (TPSA) is 79.7 Å². The molecule has 1 aromatic heterocycles. The summed E-state index contributed by atoms with van der Waals surface area (Å²) in [5, 5.41) is 9.07. The molecule has 1 aliphatic rings. The average Bonchev–Trinajstić information content (AvgIpc) is 2.71. The first-order valence-corrected chi connectivity index (χ1v) is 7.23. The van der Waals surface area contributed by atoms with Crippen LogP contribution in [0.1, 0.15) is 54.1 Å². The van der Waals surface area contributed by atoms with Gasteiger partial charge in [0.1, 0.15) is 5.60 Å². The third-order valence-corrected chi connectivity index (χ3v) is 4.23. The van der Waals surface area contributed by atoms with E-state index in [9.17, 15) is 9.59 Å². The molecule has 0 spiro atoms. The lowest BCUT2D eigenvalue weighted by molar-refractivity contribution is 0.0162. The quantitative estimate of drug-likeness (QED) is 0.862. The molecule has 0 bridgehead atoms. The number of carboxylic acid groups (broad SMARTS) is 1. The van der Waals surface area contributed by atoms with Gasteiger partial charge in [-0.3, -0.25) is 0 Å². The van der Waals surface area contributed by atoms with E-state index >= 15 is 0 Å². The molecule has 110 valence electrons. The molecule has 1 atom stereocenters. The first kappa shape index (κ1) is 14.8. The predicted octanol–water partition coefficient (Wildman–Crippen LogP) is 2.70. The zero-order valence-corrected chi connectivity index (χ0v) is 12.8. The fraction of sp³-hybridized carbons (Fsp3) is 0.615. The highest BCUT2D eigenvalue weighted by atomic mass is 32.1. The van der Waals surface area contributed by atoms with E-state index < -0.39 is 11.6 Å². The van der Waals surface area contributed by atoms with E-state index in [4.69, 9.17) is 9.84 Å². The van der Waals surface area contributed by atoms with Gasteiger partial charge >= 0.3 is 12.1 Å². The highest BCUT2D eigenvalue weighted by Crippen LogP contribution is 2.34. The minimum absolute atomic E-state index is 0.0767. The molecule has 6 nitrogen and oxygen atoms in total. The van der Waals surface area contributed by atoms with Gasteiger partial charge in [0.15, 0.2) is 0 Å². The molecule has 0 fully saturated rings. The van der Waals surface area contributed by atoms with Gasteiger partial charge in [-0.2, -0.15) is 0 Å². The van der Waals surface area contributed by atoms with Crippen LogP contribution in [0.15, 0.2) is 0 Å². The SMILES string of the molecule is CC1c2sc(C(=O)O)nc2CCN1C(=O)OC(C)(C)C. The molecule has 2 rings (SSSR count). The Hall–Kier alpha value is -1.63. The van der Waals surface area contributed by atoms with Crippen LogP contribution in [0, 0.1) is 0 Å². The number of hydrogen-bond acceptors (Lipinski definition) is 5. The summed E-state index contributed by atoms with van der Waals surface area (Å²) in [5.74, 6) is -1.03. The second-order valence-corrected chi connectivity index (χ2v) is 6.77. The second-order valence-electron chi connectivity index (χ2n) is 5.73. The summed E-state index contributed by atoms with van der Waals surface area (Å²) in [6.45, 7) is 7.82. The van der Waals surface area contributed by atoms with Crippen molar-refractivity contribution in [2.24, 2.45) is 0 Å². The molecule has 0 aliphatic carbocycles. The molecule has 1 aliphatic heterocycles. The molecule has 1 aromatic rings. The third kappa shape index (κ3) is 2.92. The maximum atomic E-state index is 12.1. The summed E-state index contributed by atoms with van der Waals surface area (Å²) in [6, 6.07) is -0.209. The zero-order chi connectivity index (χ0) is 15.1. The van der Waals surface area contributed by atoms with Crippen LogP contribution >= 0.6 is 11.3 Å². The number of aromatic carboxylic acids is 1. The summed E-state index contributed by atoms with van der Waals surface area (Å²) in [7, 11) is 0. The number of thiazole rings is 1. The van der Waals surface area contributed by atoms with Crippen molar-refractivity contribution in [2.45, 2.75) is 45.8 Å². The summed E-state index contributed by atoms with van der Waals surface area (Å²) in [6.07, 6.45) is 0.184. The van der Waals surface area contributed by atoms with Crippen molar-refractivity contribution in [3.05, 3.63) is 15.6 Å². The Morgan fingerprint density at radius 2 is 2.10 bits per heavy atom. The molecule has 1 amide bonds. The molecule has 2 heterocycles. The van der Waals surface area contributed by atoms with Gasteiger partial charge in [-0.15, -0.1) is 11.3 Å². The number of aromatic nitrogens is 1. The second kappa shape index (κ2) is 5.05. The third-order valence-electron chi connectivity index (χ3n) is 2.97. The number of amides is 1. The van der Waals surface area contributed by atoms with E-state index in [0.29, 0.717) is 13.0 Å². The molecule has 0 saturated carbocycles. The van der Waals surface area contributed by atoms with Gasteiger partial charge in [0, 0.05) is 13.0 Å². The number of nitrogens with zero attached hydrogens (tertiary/aromatic N) is 2. The van der Waals surface area contributed by atoms with Crippen LogP contribution in [0.25, 0.3) is 0 Å². The summed E-state index contributed by atoms with van der Waals surface area (Å²) in [5.41, 5.74) is 0.233. The van der Waals surface area contributed by atoms with E-state index in [1.807, 2.05) is 27.7 Å².